The molecule has 1 aliphatic rings. The normalized spacial score (nSPS) is 14.5. The van der Waals surface area contributed by atoms with Crippen molar-refractivity contribution in [1.82, 2.24) is 24.7 Å². The van der Waals surface area contributed by atoms with E-state index < -0.39 is 11.5 Å². The highest BCUT2D eigenvalue weighted by Gasteiger charge is 2.33. The van der Waals surface area contributed by atoms with Crippen molar-refractivity contribution >= 4 is 34.5 Å². The molecule has 1 amide bonds. The third-order valence-electron chi connectivity index (χ3n) is 5.32. The molecule has 0 atom stereocenters. The van der Waals surface area contributed by atoms with Gasteiger partial charge >= 0.3 is 0 Å². The van der Waals surface area contributed by atoms with Crippen molar-refractivity contribution in [3.05, 3.63) is 54.2 Å². The zero-order valence-corrected chi connectivity index (χ0v) is 18.3. The van der Waals surface area contributed by atoms with Gasteiger partial charge in [-0.3, -0.25) is 9.48 Å². The van der Waals surface area contributed by atoms with E-state index in [-0.39, 0.29) is 17.4 Å². The molecular formula is C22H24N8O3. The number of oxazole rings is 1. The fourth-order valence-corrected chi connectivity index (χ4v) is 3.73. The van der Waals surface area contributed by atoms with Gasteiger partial charge in [0.25, 0.3) is 11.9 Å². The Balaban J connectivity index is 1.29. The summed E-state index contributed by atoms with van der Waals surface area (Å²) in [6.07, 6.45) is 4.93. The van der Waals surface area contributed by atoms with Gasteiger partial charge in [-0.25, -0.2) is 9.97 Å². The van der Waals surface area contributed by atoms with E-state index in [0.29, 0.717) is 37.0 Å². The number of nitrogens with one attached hydrogen (secondary N) is 1. The van der Waals surface area contributed by atoms with Crippen LogP contribution < -0.4 is 16.0 Å². The molecule has 33 heavy (non-hydrogen) atoms. The molecule has 3 aromatic heterocycles. The first kappa shape index (κ1) is 20.9. The lowest BCUT2D eigenvalue weighted by Crippen LogP contribution is -2.45. The molecule has 0 saturated carbocycles. The summed E-state index contributed by atoms with van der Waals surface area (Å²) in [6, 6.07) is 8.18. The Morgan fingerprint density at radius 3 is 2.79 bits per heavy atom. The summed E-state index contributed by atoms with van der Waals surface area (Å²) < 4.78 is 7.41. The molecule has 0 unspecified atom stereocenters. The van der Waals surface area contributed by atoms with E-state index in [0.717, 1.165) is 11.1 Å². The van der Waals surface area contributed by atoms with Crippen LogP contribution in [-0.2, 0) is 6.54 Å². The highest BCUT2D eigenvalue weighted by atomic mass is 16.4. The van der Waals surface area contributed by atoms with E-state index in [1.165, 1.54) is 0 Å². The van der Waals surface area contributed by atoms with Gasteiger partial charge in [-0.1, -0.05) is 12.1 Å². The molecule has 5 rings (SSSR count). The van der Waals surface area contributed by atoms with Gasteiger partial charge in [-0.05, 0) is 26.0 Å². The zero-order valence-electron chi connectivity index (χ0n) is 18.3. The molecule has 0 aliphatic carbocycles. The molecule has 0 bridgehead atoms. The molecule has 4 N–H and O–H groups in total. The summed E-state index contributed by atoms with van der Waals surface area (Å²) >= 11 is 0. The van der Waals surface area contributed by atoms with Gasteiger partial charge in [0, 0.05) is 25.2 Å². The summed E-state index contributed by atoms with van der Waals surface area (Å²) in [6.45, 7) is 5.01. The number of benzene rings is 1. The second-order valence-electron chi connectivity index (χ2n) is 8.79. The van der Waals surface area contributed by atoms with Crippen molar-refractivity contribution < 1.29 is 14.3 Å². The number of carbonyl (C=O) groups excluding carboxylic acids is 1. The number of rotatable bonds is 7. The number of para-hydroxylation sites is 2. The van der Waals surface area contributed by atoms with Crippen molar-refractivity contribution in [3.63, 3.8) is 0 Å². The molecular weight excluding hydrogens is 424 g/mol. The molecule has 0 radical (unpaired) electrons. The maximum Gasteiger partial charge on any atom is 0.298 e. The molecule has 4 heterocycles. The minimum absolute atomic E-state index is 0.0584. The Morgan fingerprint density at radius 1 is 1.27 bits per heavy atom. The summed E-state index contributed by atoms with van der Waals surface area (Å²) in [5.74, 6) is -0.343. The number of nitrogens with two attached hydrogens (primary N) is 1. The van der Waals surface area contributed by atoms with Gasteiger partial charge in [0.2, 0.25) is 0 Å². The van der Waals surface area contributed by atoms with Crippen molar-refractivity contribution in [1.29, 1.82) is 0 Å². The zero-order chi connectivity index (χ0) is 23.2. The Bertz CT molecular complexity index is 1280. The molecule has 170 valence electrons. The lowest BCUT2D eigenvalue weighted by Gasteiger charge is -2.37. The van der Waals surface area contributed by atoms with Crippen LogP contribution in [0.25, 0.3) is 11.1 Å². The summed E-state index contributed by atoms with van der Waals surface area (Å²) in [4.78, 5) is 27.5. The molecule has 11 heteroatoms. The standard InChI is InChI=1S/C22H24N8O3/c1-22(2,32)12-30-11-14(7-25-30)26-20-18(19(23)31)27-16(8-24-20)13-9-29(10-13)21-28-15-5-3-4-6-17(15)33-21/h3-8,11,13,32H,9-10,12H2,1-2H3,(H2,23,31)(H,24,26). The Hall–Kier alpha value is -3.99. The average molecular weight is 448 g/mol. The summed E-state index contributed by atoms with van der Waals surface area (Å²) in [5, 5.41) is 17.2. The van der Waals surface area contributed by atoms with Gasteiger partial charge < -0.3 is 25.5 Å². The number of aliphatic hydroxyl groups is 1. The maximum atomic E-state index is 12.1. The van der Waals surface area contributed by atoms with Gasteiger partial charge in [0.1, 0.15) is 5.52 Å². The third kappa shape index (κ3) is 4.35. The predicted molar refractivity (Wildman–Crippen MR) is 121 cm³/mol. The van der Waals surface area contributed by atoms with Crippen LogP contribution in [0.1, 0.15) is 35.9 Å². The molecule has 1 fully saturated rings. The van der Waals surface area contributed by atoms with E-state index in [1.807, 2.05) is 29.2 Å². The number of amides is 1. The van der Waals surface area contributed by atoms with Crippen molar-refractivity contribution in [2.45, 2.75) is 31.9 Å². The fourth-order valence-electron chi connectivity index (χ4n) is 3.73. The number of nitrogens with zero attached hydrogens (tertiary/aromatic N) is 6. The number of anilines is 3. The third-order valence-corrected chi connectivity index (χ3v) is 5.32. The van der Waals surface area contributed by atoms with E-state index in [4.69, 9.17) is 10.2 Å². The number of carbonyl (C=O) groups is 1. The Kier molecular flexibility index (Phi) is 4.97. The number of hydrogen-bond donors (Lipinski definition) is 3. The first-order valence-corrected chi connectivity index (χ1v) is 10.5. The number of hydrogen-bond acceptors (Lipinski definition) is 9. The van der Waals surface area contributed by atoms with E-state index >= 15 is 0 Å². The minimum atomic E-state index is -0.905. The fraction of sp³-hybridized carbons (Fsp3) is 0.318. The molecule has 1 aromatic carbocycles. The quantitative estimate of drug-likeness (QED) is 0.386. The van der Waals surface area contributed by atoms with Gasteiger partial charge in [-0.2, -0.15) is 10.1 Å². The SMILES string of the molecule is CC(C)(O)Cn1cc(Nc2ncc(C3CN(c4nc5ccccc5o4)C3)nc2C(N)=O)cn1. The molecule has 1 saturated heterocycles. The number of primary amides is 1. The highest BCUT2D eigenvalue weighted by molar-refractivity contribution is 5.96. The van der Waals surface area contributed by atoms with Crippen LogP contribution in [-0.4, -0.2) is 54.4 Å². The number of fused-ring (bicyclic) bond motifs is 1. The highest BCUT2D eigenvalue weighted by Crippen LogP contribution is 2.32. The first-order chi connectivity index (χ1) is 15.7. The largest absolute Gasteiger partial charge is 0.423 e. The molecule has 11 nitrogen and oxygen atoms in total. The maximum absolute atomic E-state index is 12.1. The van der Waals surface area contributed by atoms with E-state index in [2.05, 4.69) is 25.4 Å². The second-order valence-corrected chi connectivity index (χ2v) is 8.79. The van der Waals surface area contributed by atoms with Crippen LogP contribution in [0.15, 0.2) is 47.3 Å². The van der Waals surface area contributed by atoms with Crippen molar-refractivity contribution in [2.24, 2.45) is 5.73 Å². The van der Waals surface area contributed by atoms with E-state index in [1.54, 1.807) is 37.1 Å². The monoisotopic (exact) mass is 448 g/mol. The first-order valence-electron chi connectivity index (χ1n) is 10.5. The van der Waals surface area contributed by atoms with Gasteiger partial charge in [0.15, 0.2) is 17.1 Å². The number of aromatic nitrogens is 5. The van der Waals surface area contributed by atoms with Crippen LogP contribution >= 0.6 is 0 Å². The van der Waals surface area contributed by atoms with Gasteiger partial charge in [0.05, 0.1) is 35.9 Å². The minimum Gasteiger partial charge on any atom is -0.423 e. The van der Waals surface area contributed by atoms with Crippen LogP contribution in [0.4, 0.5) is 17.5 Å². The Labute approximate surface area is 189 Å². The smallest absolute Gasteiger partial charge is 0.298 e. The topological polar surface area (TPSA) is 148 Å². The lowest BCUT2D eigenvalue weighted by atomic mass is 9.97. The van der Waals surface area contributed by atoms with Gasteiger partial charge in [-0.15, -0.1) is 0 Å². The molecule has 4 aromatic rings. The Morgan fingerprint density at radius 2 is 2.06 bits per heavy atom. The lowest BCUT2D eigenvalue weighted by molar-refractivity contribution is 0.0577. The van der Waals surface area contributed by atoms with Crippen LogP contribution in [0.2, 0.25) is 0 Å². The average Bonchev–Trinajstić information content (AvgIpc) is 3.32. The predicted octanol–water partition coefficient (Wildman–Crippen LogP) is 2.03. The van der Waals surface area contributed by atoms with Crippen LogP contribution in [0.5, 0.6) is 0 Å². The molecule has 0 spiro atoms. The second kappa shape index (κ2) is 7.85. The van der Waals surface area contributed by atoms with Crippen LogP contribution in [0.3, 0.4) is 0 Å². The summed E-state index contributed by atoms with van der Waals surface area (Å²) in [7, 11) is 0. The molecule has 1 aliphatic heterocycles. The van der Waals surface area contributed by atoms with Crippen LogP contribution in [0, 0.1) is 0 Å². The van der Waals surface area contributed by atoms with Crippen molar-refractivity contribution in [3.8, 4) is 0 Å². The summed E-state index contributed by atoms with van der Waals surface area (Å²) in [5.41, 5.74) is 7.57. The van der Waals surface area contributed by atoms with E-state index in [9.17, 15) is 9.90 Å². The van der Waals surface area contributed by atoms with Crippen molar-refractivity contribution in [2.75, 3.05) is 23.3 Å².